The summed E-state index contributed by atoms with van der Waals surface area (Å²) in [5.41, 5.74) is 6.45. The molecule has 3 aromatic rings. The van der Waals surface area contributed by atoms with E-state index in [9.17, 15) is 4.79 Å². The largest absolute Gasteiger partial charge is 0.358 e. The second-order valence-electron chi connectivity index (χ2n) is 8.18. The van der Waals surface area contributed by atoms with Crippen LogP contribution in [0.1, 0.15) is 53.6 Å². The van der Waals surface area contributed by atoms with Crippen LogP contribution in [0, 0.1) is 13.8 Å². The Hall–Kier alpha value is -3.00. The summed E-state index contributed by atoms with van der Waals surface area (Å²) in [7, 11) is 0. The van der Waals surface area contributed by atoms with Gasteiger partial charge in [0.15, 0.2) is 0 Å². The molecule has 0 saturated heterocycles. The zero-order chi connectivity index (χ0) is 22.3. The van der Waals surface area contributed by atoms with Crippen LogP contribution < -0.4 is 0 Å². The predicted octanol–water partition coefficient (Wildman–Crippen LogP) is 6.29. The van der Waals surface area contributed by atoms with E-state index in [0.717, 1.165) is 29.5 Å². The Kier molecular flexibility index (Phi) is 7.57. The normalized spacial score (nSPS) is 11.4. The monoisotopic (exact) mass is 413 g/mol. The van der Waals surface area contributed by atoms with Crippen molar-refractivity contribution in [2.75, 3.05) is 6.54 Å². The molecule has 0 spiro atoms. The van der Waals surface area contributed by atoms with Gasteiger partial charge in [-0.2, -0.15) is 0 Å². The molecule has 3 heteroatoms. The molecule has 3 rings (SSSR count). The molecular weight excluding hydrogens is 382 g/mol. The Bertz CT molecular complexity index is 996. The van der Waals surface area contributed by atoms with Gasteiger partial charge in [0.05, 0.1) is 12.6 Å². The molecule has 0 unspecified atom stereocenters. The van der Waals surface area contributed by atoms with Crippen LogP contribution in [0.15, 0.2) is 77.8 Å². The van der Waals surface area contributed by atoms with Crippen molar-refractivity contribution in [3.8, 4) is 0 Å². The molecular formula is C28H31NO2. The lowest BCUT2D eigenvalue weighted by molar-refractivity contribution is -0.0297. The van der Waals surface area contributed by atoms with Crippen molar-refractivity contribution in [2.24, 2.45) is 4.99 Å². The van der Waals surface area contributed by atoms with Crippen LogP contribution in [0.4, 0.5) is 0 Å². The second-order valence-corrected chi connectivity index (χ2v) is 8.18. The third kappa shape index (κ3) is 4.85. The molecule has 3 nitrogen and oxygen atoms in total. The minimum absolute atomic E-state index is 0.0287. The highest BCUT2D eigenvalue weighted by Gasteiger charge is 2.39. The molecule has 0 N–H and O–H groups in total. The van der Waals surface area contributed by atoms with Crippen LogP contribution in [-0.4, -0.2) is 18.7 Å². The molecule has 0 fully saturated rings. The molecule has 0 radical (unpaired) electrons. The van der Waals surface area contributed by atoms with Gasteiger partial charge in [0, 0.05) is 0 Å². The first kappa shape index (κ1) is 22.7. The summed E-state index contributed by atoms with van der Waals surface area (Å²) in [4.78, 5) is 14.0. The van der Waals surface area contributed by atoms with E-state index in [1.807, 2.05) is 12.1 Å². The number of isocyanates is 1. The molecule has 160 valence electrons. The zero-order valence-electron chi connectivity index (χ0n) is 18.9. The van der Waals surface area contributed by atoms with Crippen molar-refractivity contribution in [2.45, 2.75) is 52.2 Å². The maximum atomic E-state index is 10.3. The highest BCUT2D eigenvalue weighted by molar-refractivity contribution is 5.53. The van der Waals surface area contributed by atoms with Crippen molar-refractivity contribution in [3.63, 3.8) is 0 Å². The standard InChI is InChI=1S/C28H31NO2/c1-21(2)31-28(25-13-7-5-8-14-25,26-15-9-6-10-16-26)27-18-17-24(22(3)23(27)4)12-11-19-29-20-30/h5-10,13-18,21H,11-12,19H2,1-4H3. The summed E-state index contributed by atoms with van der Waals surface area (Å²) in [5.74, 6) is 0. The van der Waals surface area contributed by atoms with E-state index in [-0.39, 0.29) is 6.10 Å². The summed E-state index contributed by atoms with van der Waals surface area (Å²) in [6.07, 6.45) is 3.37. The van der Waals surface area contributed by atoms with Crippen LogP contribution in [0.3, 0.4) is 0 Å². The van der Waals surface area contributed by atoms with E-state index in [0.29, 0.717) is 6.54 Å². The Morgan fingerprint density at radius 3 is 1.97 bits per heavy atom. The van der Waals surface area contributed by atoms with Gasteiger partial charge in [-0.25, -0.2) is 9.79 Å². The summed E-state index contributed by atoms with van der Waals surface area (Å²) < 4.78 is 6.83. The van der Waals surface area contributed by atoms with Gasteiger partial charge in [-0.05, 0) is 73.9 Å². The van der Waals surface area contributed by atoms with Crippen molar-refractivity contribution in [3.05, 3.63) is 106 Å². The van der Waals surface area contributed by atoms with Gasteiger partial charge < -0.3 is 4.74 Å². The molecule has 0 aliphatic heterocycles. The van der Waals surface area contributed by atoms with E-state index >= 15 is 0 Å². The number of hydrogen-bond acceptors (Lipinski definition) is 3. The number of carbonyl (C=O) groups excluding carboxylic acids is 1. The fraction of sp³-hybridized carbons (Fsp3) is 0.321. The maximum Gasteiger partial charge on any atom is 0.234 e. The van der Waals surface area contributed by atoms with Gasteiger partial charge in [-0.15, -0.1) is 0 Å². The Morgan fingerprint density at radius 2 is 1.45 bits per heavy atom. The average molecular weight is 414 g/mol. The van der Waals surface area contributed by atoms with Crippen LogP contribution in [0.2, 0.25) is 0 Å². The van der Waals surface area contributed by atoms with E-state index in [1.165, 1.54) is 16.7 Å². The van der Waals surface area contributed by atoms with Gasteiger partial charge in [-0.1, -0.05) is 72.8 Å². The number of benzene rings is 3. The third-order valence-corrected chi connectivity index (χ3v) is 5.83. The van der Waals surface area contributed by atoms with Crippen LogP contribution >= 0.6 is 0 Å². The molecule has 0 bridgehead atoms. The molecule has 0 amide bonds. The summed E-state index contributed by atoms with van der Waals surface area (Å²) in [6, 6.07) is 25.4. The fourth-order valence-corrected chi connectivity index (χ4v) is 4.30. The van der Waals surface area contributed by atoms with E-state index in [4.69, 9.17) is 4.74 Å². The number of aliphatic imine (C=N–C) groups is 1. The van der Waals surface area contributed by atoms with Crippen molar-refractivity contribution in [1.82, 2.24) is 0 Å². The first-order valence-electron chi connectivity index (χ1n) is 10.9. The molecule has 0 atom stereocenters. The lowest BCUT2D eigenvalue weighted by Gasteiger charge is -2.39. The van der Waals surface area contributed by atoms with Gasteiger partial charge >= 0.3 is 0 Å². The minimum atomic E-state index is -0.703. The third-order valence-electron chi connectivity index (χ3n) is 5.83. The van der Waals surface area contributed by atoms with Gasteiger partial charge in [0.2, 0.25) is 6.08 Å². The average Bonchev–Trinajstić information content (AvgIpc) is 2.79. The topological polar surface area (TPSA) is 38.7 Å². The summed E-state index contributed by atoms with van der Waals surface area (Å²) >= 11 is 0. The summed E-state index contributed by atoms with van der Waals surface area (Å²) in [6.45, 7) is 9.04. The van der Waals surface area contributed by atoms with Gasteiger partial charge in [0.1, 0.15) is 5.60 Å². The highest BCUT2D eigenvalue weighted by Crippen LogP contribution is 2.43. The summed E-state index contributed by atoms with van der Waals surface area (Å²) in [5, 5.41) is 0. The molecule has 0 saturated carbocycles. The van der Waals surface area contributed by atoms with Crippen molar-refractivity contribution in [1.29, 1.82) is 0 Å². The molecule has 0 heterocycles. The number of aryl methyl sites for hydroxylation is 1. The number of nitrogens with zero attached hydrogens (tertiary/aromatic N) is 1. The molecule has 3 aromatic carbocycles. The fourth-order valence-electron chi connectivity index (χ4n) is 4.30. The van der Waals surface area contributed by atoms with E-state index in [1.54, 1.807) is 6.08 Å². The molecule has 0 aliphatic carbocycles. The predicted molar refractivity (Wildman–Crippen MR) is 126 cm³/mol. The minimum Gasteiger partial charge on any atom is -0.358 e. The van der Waals surface area contributed by atoms with Crippen molar-refractivity contribution < 1.29 is 9.53 Å². The van der Waals surface area contributed by atoms with Crippen LogP contribution in [-0.2, 0) is 21.6 Å². The first-order valence-corrected chi connectivity index (χ1v) is 10.9. The van der Waals surface area contributed by atoms with Gasteiger partial charge in [-0.3, -0.25) is 0 Å². The quantitative estimate of drug-likeness (QED) is 0.179. The van der Waals surface area contributed by atoms with E-state index in [2.05, 4.69) is 93.4 Å². The number of rotatable bonds is 9. The lowest BCUT2D eigenvalue weighted by atomic mass is 9.76. The Morgan fingerprint density at radius 1 is 0.871 bits per heavy atom. The molecule has 0 aromatic heterocycles. The lowest BCUT2D eigenvalue weighted by Crippen LogP contribution is -2.36. The van der Waals surface area contributed by atoms with Crippen LogP contribution in [0.5, 0.6) is 0 Å². The van der Waals surface area contributed by atoms with Gasteiger partial charge in [0.25, 0.3) is 0 Å². The zero-order valence-corrected chi connectivity index (χ0v) is 18.9. The molecule has 0 aliphatic rings. The molecule has 31 heavy (non-hydrogen) atoms. The SMILES string of the molecule is Cc1c(CCCN=C=O)ccc(C(OC(C)C)(c2ccccc2)c2ccccc2)c1C. The first-order chi connectivity index (χ1) is 15.0. The van der Waals surface area contributed by atoms with Crippen molar-refractivity contribution >= 4 is 6.08 Å². The number of ether oxygens (including phenoxy) is 1. The number of hydrogen-bond donors (Lipinski definition) is 0. The Balaban J connectivity index is 2.20. The highest BCUT2D eigenvalue weighted by atomic mass is 16.5. The second kappa shape index (κ2) is 10.3. The Labute approximate surface area is 185 Å². The van der Waals surface area contributed by atoms with Crippen LogP contribution in [0.25, 0.3) is 0 Å². The maximum absolute atomic E-state index is 10.3. The van der Waals surface area contributed by atoms with E-state index < -0.39 is 5.60 Å². The smallest absolute Gasteiger partial charge is 0.234 e.